The van der Waals surface area contributed by atoms with Crippen molar-refractivity contribution in [2.45, 2.75) is 32.9 Å². The average Bonchev–Trinajstić information content (AvgIpc) is 3.61. The molecule has 42 heavy (non-hydrogen) atoms. The lowest BCUT2D eigenvalue weighted by atomic mass is 9.95. The van der Waals surface area contributed by atoms with E-state index in [1.54, 1.807) is 25.4 Å². The Morgan fingerprint density at radius 2 is 1.79 bits per heavy atom. The van der Waals surface area contributed by atoms with Crippen LogP contribution in [-0.2, 0) is 9.53 Å². The number of pyridine rings is 1. The van der Waals surface area contributed by atoms with Crippen molar-refractivity contribution in [2.24, 2.45) is 5.41 Å². The van der Waals surface area contributed by atoms with Crippen LogP contribution in [0.1, 0.15) is 54.6 Å². The molecule has 2 atom stereocenters. The first-order valence-corrected chi connectivity index (χ1v) is 13.9. The van der Waals surface area contributed by atoms with Gasteiger partial charge in [-0.05, 0) is 66.8 Å². The molecule has 4 aromatic rings. The SMILES string of the molecule is COC(=O)c1cccc(-n2cccc2C2C(c3ccccn3)NC(=S)N2c2ccc(NC(=O)C(C)(C)C)c(OC)c2)c1. The molecule has 0 aliphatic carbocycles. The van der Waals surface area contributed by atoms with Gasteiger partial charge in [0.05, 0.1) is 37.2 Å². The topological polar surface area (TPSA) is 97.7 Å². The van der Waals surface area contributed by atoms with Crippen LogP contribution < -0.4 is 20.3 Å². The fourth-order valence-electron chi connectivity index (χ4n) is 4.95. The number of hydrogen-bond acceptors (Lipinski definition) is 6. The number of ether oxygens (including phenoxy) is 2. The van der Waals surface area contributed by atoms with Crippen LogP contribution in [0.15, 0.2) is 85.2 Å². The van der Waals surface area contributed by atoms with Crippen LogP contribution in [0, 0.1) is 5.41 Å². The highest BCUT2D eigenvalue weighted by Gasteiger charge is 2.42. The number of carbonyl (C=O) groups excluding carboxylic acids is 2. The van der Waals surface area contributed by atoms with Gasteiger partial charge in [0.25, 0.3) is 0 Å². The first kappa shape index (κ1) is 28.8. The van der Waals surface area contributed by atoms with Crippen molar-refractivity contribution in [2.75, 3.05) is 24.4 Å². The van der Waals surface area contributed by atoms with Gasteiger partial charge in [0.2, 0.25) is 5.91 Å². The quantitative estimate of drug-likeness (QED) is 0.207. The zero-order valence-corrected chi connectivity index (χ0v) is 24.9. The summed E-state index contributed by atoms with van der Waals surface area (Å²) < 4.78 is 12.7. The first-order chi connectivity index (χ1) is 20.1. The molecule has 2 unspecified atom stereocenters. The molecule has 2 aromatic carbocycles. The fraction of sp³-hybridized carbons (Fsp3) is 0.250. The molecule has 0 saturated carbocycles. The summed E-state index contributed by atoms with van der Waals surface area (Å²) in [6, 6.07) is 22.0. The van der Waals surface area contributed by atoms with Crippen LogP contribution in [0.3, 0.4) is 0 Å². The predicted molar refractivity (Wildman–Crippen MR) is 166 cm³/mol. The molecular weight excluding hydrogens is 550 g/mol. The molecule has 5 rings (SSSR count). The number of carbonyl (C=O) groups is 2. The van der Waals surface area contributed by atoms with Crippen molar-refractivity contribution >= 4 is 40.6 Å². The number of thiocarbonyl (C=S) groups is 1. The lowest BCUT2D eigenvalue weighted by Gasteiger charge is -2.29. The number of benzene rings is 2. The molecule has 216 valence electrons. The zero-order chi connectivity index (χ0) is 30.0. The van der Waals surface area contributed by atoms with Gasteiger partial charge in [-0.25, -0.2) is 4.79 Å². The summed E-state index contributed by atoms with van der Waals surface area (Å²) in [5, 5.41) is 6.96. The van der Waals surface area contributed by atoms with Gasteiger partial charge in [0.15, 0.2) is 5.11 Å². The number of nitrogens with zero attached hydrogens (tertiary/aromatic N) is 3. The molecule has 1 fully saturated rings. The minimum absolute atomic E-state index is 0.119. The van der Waals surface area contributed by atoms with Crippen molar-refractivity contribution in [3.05, 3.63) is 102 Å². The van der Waals surface area contributed by atoms with E-state index in [-0.39, 0.29) is 18.0 Å². The summed E-state index contributed by atoms with van der Waals surface area (Å²) >= 11 is 5.92. The predicted octanol–water partition coefficient (Wildman–Crippen LogP) is 5.83. The highest BCUT2D eigenvalue weighted by molar-refractivity contribution is 7.80. The summed E-state index contributed by atoms with van der Waals surface area (Å²) in [7, 11) is 2.94. The number of nitrogens with one attached hydrogen (secondary N) is 2. The normalized spacial score (nSPS) is 16.6. The zero-order valence-electron chi connectivity index (χ0n) is 24.1. The minimum atomic E-state index is -0.568. The van der Waals surface area contributed by atoms with Gasteiger partial charge in [0.1, 0.15) is 11.8 Å². The second-order valence-electron chi connectivity index (χ2n) is 10.9. The van der Waals surface area contributed by atoms with Crippen LogP contribution in [0.2, 0.25) is 0 Å². The van der Waals surface area contributed by atoms with E-state index in [0.717, 1.165) is 22.8 Å². The maximum Gasteiger partial charge on any atom is 0.337 e. The molecule has 10 heteroatoms. The maximum atomic E-state index is 12.7. The third-order valence-corrected chi connectivity index (χ3v) is 7.43. The molecule has 3 heterocycles. The van der Waals surface area contributed by atoms with E-state index in [9.17, 15) is 9.59 Å². The largest absolute Gasteiger partial charge is 0.494 e. The molecule has 2 aromatic heterocycles. The van der Waals surface area contributed by atoms with E-state index in [0.29, 0.717) is 22.1 Å². The highest BCUT2D eigenvalue weighted by Crippen LogP contribution is 2.44. The number of rotatable bonds is 7. The fourth-order valence-corrected chi connectivity index (χ4v) is 5.29. The van der Waals surface area contributed by atoms with Crippen molar-refractivity contribution in [1.29, 1.82) is 0 Å². The first-order valence-electron chi connectivity index (χ1n) is 13.5. The van der Waals surface area contributed by atoms with Gasteiger partial charge in [-0.3, -0.25) is 9.78 Å². The molecular formula is C32H33N5O4S. The second-order valence-corrected chi connectivity index (χ2v) is 11.3. The third kappa shape index (κ3) is 5.58. The Kier molecular flexibility index (Phi) is 8.00. The number of aromatic nitrogens is 2. The van der Waals surface area contributed by atoms with E-state index in [2.05, 4.69) is 15.6 Å². The molecule has 1 aliphatic rings. The Morgan fingerprint density at radius 1 is 0.976 bits per heavy atom. The minimum Gasteiger partial charge on any atom is -0.494 e. The molecule has 0 spiro atoms. The van der Waals surface area contributed by atoms with E-state index in [4.69, 9.17) is 21.7 Å². The lowest BCUT2D eigenvalue weighted by molar-refractivity contribution is -0.123. The highest BCUT2D eigenvalue weighted by atomic mass is 32.1. The van der Waals surface area contributed by atoms with Gasteiger partial charge < -0.3 is 29.6 Å². The number of anilines is 2. The van der Waals surface area contributed by atoms with Gasteiger partial charge in [0, 0.05) is 40.9 Å². The molecule has 9 nitrogen and oxygen atoms in total. The van der Waals surface area contributed by atoms with Crippen LogP contribution in [-0.4, -0.2) is 40.8 Å². The number of hydrogen-bond donors (Lipinski definition) is 2. The van der Waals surface area contributed by atoms with E-state index >= 15 is 0 Å². The molecule has 1 amide bonds. The molecule has 1 aliphatic heterocycles. The van der Waals surface area contributed by atoms with Crippen LogP contribution in [0.4, 0.5) is 11.4 Å². The van der Waals surface area contributed by atoms with E-state index in [1.165, 1.54) is 7.11 Å². The van der Waals surface area contributed by atoms with Crippen LogP contribution in [0.25, 0.3) is 5.69 Å². The third-order valence-electron chi connectivity index (χ3n) is 7.12. The molecule has 2 N–H and O–H groups in total. The Balaban J connectivity index is 1.61. The smallest absolute Gasteiger partial charge is 0.337 e. The molecule has 0 radical (unpaired) electrons. The number of esters is 1. The molecule has 0 bridgehead atoms. The summed E-state index contributed by atoms with van der Waals surface area (Å²) in [5.74, 6) is -0.0193. The van der Waals surface area contributed by atoms with Crippen molar-refractivity contribution in [3.8, 4) is 11.4 Å². The van der Waals surface area contributed by atoms with Gasteiger partial charge in [-0.2, -0.15) is 0 Å². The number of methoxy groups -OCH3 is 2. The summed E-state index contributed by atoms with van der Waals surface area (Å²) in [6.45, 7) is 5.57. The summed E-state index contributed by atoms with van der Waals surface area (Å²) in [5.41, 5.74) is 3.77. The Morgan fingerprint density at radius 3 is 2.48 bits per heavy atom. The van der Waals surface area contributed by atoms with Crippen LogP contribution in [0.5, 0.6) is 5.75 Å². The summed E-state index contributed by atoms with van der Waals surface area (Å²) in [4.78, 5) is 31.7. The Bertz CT molecular complexity index is 1630. The van der Waals surface area contributed by atoms with Crippen molar-refractivity contribution < 1.29 is 19.1 Å². The lowest BCUT2D eigenvalue weighted by Crippen LogP contribution is -2.30. The van der Waals surface area contributed by atoms with Gasteiger partial charge >= 0.3 is 5.97 Å². The number of amides is 1. The second kappa shape index (κ2) is 11.7. The van der Waals surface area contributed by atoms with E-state index in [1.807, 2.05) is 97.1 Å². The molecule has 1 saturated heterocycles. The summed E-state index contributed by atoms with van der Waals surface area (Å²) in [6.07, 6.45) is 3.71. The Hall–Kier alpha value is -4.70. The average molecular weight is 584 g/mol. The standard InChI is InChI=1S/C32H33N5O4S/c1-32(2,3)30(39)34-23-15-14-22(19-26(23)40-4)37-28(27(35-31(37)42)24-12-6-7-16-33-24)25-13-9-17-36(25)21-11-8-10-20(18-21)29(38)41-5/h6-19,27-28H,1-5H3,(H,34,39)(H,35,42). The van der Waals surface area contributed by atoms with Crippen molar-refractivity contribution in [3.63, 3.8) is 0 Å². The van der Waals surface area contributed by atoms with Crippen molar-refractivity contribution in [1.82, 2.24) is 14.9 Å². The van der Waals surface area contributed by atoms with Gasteiger partial charge in [-0.1, -0.05) is 32.9 Å². The monoisotopic (exact) mass is 583 g/mol. The van der Waals surface area contributed by atoms with Crippen LogP contribution >= 0.6 is 12.2 Å². The van der Waals surface area contributed by atoms with Gasteiger partial charge in [-0.15, -0.1) is 0 Å². The van der Waals surface area contributed by atoms with E-state index < -0.39 is 11.4 Å². The Labute approximate surface area is 250 Å². The maximum absolute atomic E-state index is 12.7.